The predicted octanol–water partition coefficient (Wildman–Crippen LogP) is 3.63. The van der Waals surface area contributed by atoms with Crippen LogP contribution in [0.3, 0.4) is 0 Å². The molecule has 2 N–H and O–H groups in total. The lowest BCUT2D eigenvalue weighted by atomic mass is 10.0. The van der Waals surface area contributed by atoms with Crippen molar-refractivity contribution in [3.8, 4) is 0 Å². The topological polar surface area (TPSA) is 86.7 Å². The highest BCUT2D eigenvalue weighted by molar-refractivity contribution is 7.90. The summed E-state index contributed by atoms with van der Waals surface area (Å²) in [5, 5.41) is 1.32. The highest BCUT2D eigenvalue weighted by Crippen LogP contribution is 2.26. The number of anilines is 1. The molecule has 0 aliphatic rings. The zero-order chi connectivity index (χ0) is 20.9. The molecule has 0 amide bonds. The van der Waals surface area contributed by atoms with Crippen molar-refractivity contribution in [1.29, 1.82) is 0 Å². The number of aromatic nitrogens is 1. The summed E-state index contributed by atoms with van der Waals surface area (Å²) < 4.78 is 26.7. The maximum atomic E-state index is 12.2. The van der Waals surface area contributed by atoms with Crippen molar-refractivity contribution < 1.29 is 8.42 Å². The van der Waals surface area contributed by atoms with E-state index in [4.69, 9.17) is 16.6 Å². The number of pyridine rings is 1. The van der Waals surface area contributed by atoms with E-state index < -0.39 is 10.2 Å². The number of aliphatic imine (C=N–C) groups is 1. The Labute approximate surface area is 175 Å². The number of hydrogen-bond acceptors (Lipinski definition) is 5. The molecule has 0 saturated carbocycles. The summed E-state index contributed by atoms with van der Waals surface area (Å²) in [6, 6.07) is 21.0. The summed E-state index contributed by atoms with van der Waals surface area (Å²) in [5.41, 5.74) is 3.16. The van der Waals surface area contributed by atoms with Gasteiger partial charge in [0.25, 0.3) is 0 Å². The lowest BCUT2D eigenvalue weighted by Gasteiger charge is -2.14. The third-order valence-electron chi connectivity index (χ3n) is 3.71. The van der Waals surface area contributed by atoms with Crippen LogP contribution in [0.2, 0.25) is 5.15 Å². The third kappa shape index (κ3) is 5.85. The third-order valence-corrected chi connectivity index (χ3v) is 5.10. The van der Waals surface area contributed by atoms with Gasteiger partial charge in [0.1, 0.15) is 0 Å². The average molecular weight is 430 g/mol. The van der Waals surface area contributed by atoms with Gasteiger partial charge >= 0.3 is 10.2 Å². The second-order valence-electron chi connectivity index (χ2n) is 6.32. The van der Waals surface area contributed by atoms with Crippen LogP contribution in [0.4, 0.5) is 11.4 Å². The van der Waals surface area contributed by atoms with Crippen molar-refractivity contribution in [3.63, 3.8) is 0 Å². The van der Waals surface area contributed by atoms with Gasteiger partial charge in [0.2, 0.25) is 0 Å². The fourth-order valence-electron chi connectivity index (χ4n) is 2.59. The van der Waals surface area contributed by atoms with Crippen LogP contribution in [-0.2, 0) is 10.2 Å². The number of hydrazine groups is 1. The van der Waals surface area contributed by atoms with E-state index in [0.29, 0.717) is 5.69 Å². The molecular formula is C20H20ClN5O2S. The molecule has 7 nitrogen and oxygen atoms in total. The van der Waals surface area contributed by atoms with E-state index in [-0.39, 0.29) is 10.8 Å². The number of halogens is 1. The molecular weight excluding hydrogens is 410 g/mol. The normalized spacial score (nSPS) is 11.3. The van der Waals surface area contributed by atoms with Crippen molar-refractivity contribution in [3.05, 3.63) is 89.2 Å². The molecule has 29 heavy (non-hydrogen) atoms. The first kappa shape index (κ1) is 20.9. The Hall–Kier alpha value is -2.78. The van der Waals surface area contributed by atoms with E-state index in [1.165, 1.54) is 17.3 Å². The number of benzene rings is 2. The molecule has 1 heterocycles. The van der Waals surface area contributed by atoms with E-state index in [1.54, 1.807) is 14.1 Å². The summed E-state index contributed by atoms with van der Waals surface area (Å²) in [5.74, 6) is 0. The number of hydrogen-bond donors (Lipinski definition) is 2. The van der Waals surface area contributed by atoms with Crippen LogP contribution in [-0.4, -0.2) is 38.2 Å². The van der Waals surface area contributed by atoms with Crippen molar-refractivity contribution in [2.45, 2.75) is 0 Å². The maximum Gasteiger partial charge on any atom is 0.312 e. The molecule has 0 unspecified atom stereocenters. The molecule has 0 bridgehead atoms. The molecule has 2 aromatic carbocycles. The second kappa shape index (κ2) is 9.15. The van der Waals surface area contributed by atoms with Crippen LogP contribution in [0.1, 0.15) is 11.1 Å². The van der Waals surface area contributed by atoms with Crippen LogP contribution in [0.5, 0.6) is 0 Å². The number of nitrogens with zero attached hydrogens (tertiary/aromatic N) is 3. The first-order valence-corrected chi connectivity index (χ1v) is 10.5. The highest BCUT2D eigenvalue weighted by Gasteiger charge is 2.15. The van der Waals surface area contributed by atoms with Crippen LogP contribution < -0.4 is 9.55 Å². The maximum absolute atomic E-state index is 12.2. The molecule has 150 valence electrons. The Bertz CT molecular complexity index is 1060. The molecule has 0 spiro atoms. The minimum atomic E-state index is -3.85. The lowest BCUT2D eigenvalue weighted by molar-refractivity contribution is 0.365. The van der Waals surface area contributed by atoms with Crippen LogP contribution in [0.15, 0.2) is 77.9 Å². The summed E-state index contributed by atoms with van der Waals surface area (Å²) in [7, 11) is -0.730. The second-order valence-corrected chi connectivity index (χ2v) is 8.07. The number of nitrogens with one attached hydrogen (secondary N) is 2. The van der Waals surface area contributed by atoms with Gasteiger partial charge in [-0.25, -0.2) is 15.0 Å². The molecule has 0 fully saturated rings. The largest absolute Gasteiger partial charge is 0.312 e. The van der Waals surface area contributed by atoms with E-state index in [9.17, 15) is 8.42 Å². The molecule has 3 rings (SSSR count). The van der Waals surface area contributed by atoms with Gasteiger partial charge in [0.05, 0.1) is 23.3 Å². The molecule has 1 aromatic heterocycles. The Balaban J connectivity index is 2.03. The molecule has 0 saturated heterocycles. The van der Waals surface area contributed by atoms with Gasteiger partial charge in [-0.1, -0.05) is 72.3 Å². The summed E-state index contributed by atoms with van der Waals surface area (Å²) >= 11 is 6.08. The SMILES string of the molecule is CN(C)NS(=O)(=O)Nc1cc(N=C(c2ccccc2)c2ccccc2)cnc1Cl. The zero-order valence-corrected chi connectivity index (χ0v) is 17.4. The average Bonchev–Trinajstić information content (AvgIpc) is 2.68. The van der Waals surface area contributed by atoms with Gasteiger partial charge in [-0.15, -0.1) is 4.83 Å². The Morgan fingerprint density at radius 1 is 1.00 bits per heavy atom. The monoisotopic (exact) mass is 429 g/mol. The fraction of sp³-hybridized carbons (Fsp3) is 0.100. The zero-order valence-electron chi connectivity index (χ0n) is 15.9. The summed E-state index contributed by atoms with van der Waals surface area (Å²) in [6.07, 6.45) is 1.49. The van der Waals surface area contributed by atoms with Crippen LogP contribution in [0.25, 0.3) is 0 Å². The van der Waals surface area contributed by atoms with Crippen LogP contribution in [0, 0.1) is 0 Å². The molecule has 0 aliphatic carbocycles. The Morgan fingerprint density at radius 2 is 1.55 bits per heavy atom. The summed E-state index contributed by atoms with van der Waals surface area (Å²) in [4.78, 5) is 11.1. The van der Waals surface area contributed by atoms with Crippen molar-refractivity contribution in [2.75, 3.05) is 18.8 Å². The lowest BCUT2D eigenvalue weighted by Crippen LogP contribution is -2.39. The first-order valence-electron chi connectivity index (χ1n) is 8.67. The van der Waals surface area contributed by atoms with Gasteiger partial charge in [0, 0.05) is 25.2 Å². The predicted molar refractivity (Wildman–Crippen MR) is 117 cm³/mol. The molecule has 0 aliphatic heterocycles. The van der Waals surface area contributed by atoms with Gasteiger partial charge in [-0.05, 0) is 6.07 Å². The standard InChI is InChI=1S/C20H20ClN5O2S/c1-26(2)25-29(27,28)24-18-13-17(14-22-20(18)21)23-19(15-9-5-3-6-10-15)16-11-7-4-8-12-16/h3-14,24-25H,1-2H3. The fourth-order valence-corrected chi connectivity index (χ4v) is 3.77. The Morgan fingerprint density at radius 3 is 2.07 bits per heavy atom. The van der Waals surface area contributed by atoms with E-state index in [0.717, 1.165) is 16.8 Å². The van der Waals surface area contributed by atoms with Crippen molar-refractivity contribution >= 4 is 38.9 Å². The van der Waals surface area contributed by atoms with Crippen molar-refractivity contribution in [1.82, 2.24) is 14.8 Å². The van der Waals surface area contributed by atoms with Gasteiger partial charge in [-0.3, -0.25) is 4.72 Å². The minimum Gasteiger partial charge on any atom is -0.267 e. The highest BCUT2D eigenvalue weighted by atomic mass is 35.5. The smallest absolute Gasteiger partial charge is 0.267 e. The van der Waals surface area contributed by atoms with E-state index >= 15 is 0 Å². The molecule has 0 radical (unpaired) electrons. The Kier molecular flexibility index (Phi) is 6.60. The molecule has 9 heteroatoms. The molecule has 3 aromatic rings. The van der Waals surface area contributed by atoms with E-state index in [2.05, 4.69) is 14.5 Å². The van der Waals surface area contributed by atoms with Gasteiger partial charge in [-0.2, -0.15) is 8.42 Å². The van der Waals surface area contributed by atoms with Gasteiger partial charge < -0.3 is 0 Å². The minimum absolute atomic E-state index is 0.0223. The van der Waals surface area contributed by atoms with E-state index in [1.807, 2.05) is 60.7 Å². The van der Waals surface area contributed by atoms with Crippen molar-refractivity contribution in [2.24, 2.45) is 4.99 Å². The molecule has 0 atom stereocenters. The van der Waals surface area contributed by atoms with Gasteiger partial charge in [0.15, 0.2) is 5.15 Å². The summed E-state index contributed by atoms with van der Waals surface area (Å²) in [6.45, 7) is 0. The first-order chi connectivity index (χ1) is 13.8. The van der Waals surface area contributed by atoms with Crippen LogP contribution >= 0.6 is 11.6 Å². The quantitative estimate of drug-likeness (QED) is 0.341. The number of rotatable bonds is 7.